The lowest BCUT2D eigenvalue weighted by Crippen LogP contribution is -2.01. The summed E-state index contributed by atoms with van der Waals surface area (Å²) in [6, 6.07) is 3.60. The van der Waals surface area contributed by atoms with Gasteiger partial charge in [-0.15, -0.1) is 0 Å². The van der Waals surface area contributed by atoms with Crippen LogP contribution >= 0.6 is 8.43 Å². The van der Waals surface area contributed by atoms with Crippen LogP contribution in [-0.4, -0.2) is 10.1 Å². The van der Waals surface area contributed by atoms with E-state index in [0.29, 0.717) is 0 Å². The van der Waals surface area contributed by atoms with Gasteiger partial charge in [0.05, 0.1) is 18.7 Å². The molecule has 8 heteroatoms. The molecule has 3 aromatic rings. The van der Waals surface area contributed by atoms with E-state index in [4.69, 9.17) is 0 Å². The molecule has 0 amide bonds. The van der Waals surface area contributed by atoms with E-state index < -0.39 is 0 Å². The van der Waals surface area contributed by atoms with Gasteiger partial charge in [0.25, 0.3) is 0 Å². The maximum absolute atomic E-state index is 4.68. The third-order valence-corrected chi connectivity index (χ3v) is 2.07. The minimum Gasteiger partial charge on any atom is -0.452 e. The van der Waals surface area contributed by atoms with Gasteiger partial charge in [-0.1, -0.05) is 5.16 Å². The molecule has 1 aliphatic rings. The first-order valence-electron chi connectivity index (χ1n) is 5.74. The van der Waals surface area contributed by atoms with E-state index in [1.54, 1.807) is 43.3 Å². The Morgan fingerprint density at radius 3 is 2.19 bits per heavy atom. The quantitative estimate of drug-likeness (QED) is 0.676. The minimum atomic E-state index is 0.955. The number of rotatable bonds is 0. The molecule has 0 atom stereocenters. The van der Waals surface area contributed by atoms with Crippen molar-refractivity contribution in [1.29, 1.82) is 0 Å². The zero-order valence-electron chi connectivity index (χ0n) is 11.0. The van der Waals surface area contributed by atoms with E-state index in [0.717, 1.165) is 8.43 Å². The highest BCUT2D eigenvalue weighted by atomic mass is 31.1. The molecule has 7 nitrogen and oxygen atoms in total. The van der Waals surface area contributed by atoms with Gasteiger partial charge < -0.3 is 18.0 Å². The van der Waals surface area contributed by atoms with Crippen LogP contribution in [-0.2, 0) is 4.84 Å². The van der Waals surface area contributed by atoms with E-state index >= 15 is 0 Å². The Hall–Kier alpha value is -2.79. The summed E-state index contributed by atoms with van der Waals surface area (Å²) < 4.78 is 13.5. The first-order valence-corrected chi connectivity index (χ1v) is 6.62. The van der Waals surface area contributed by atoms with E-state index in [1.807, 2.05) is 17.9 Å². The highest BCUT2D eigenvalue weighted by molar-refractivity contribution is 7.22. The summed E-state index contributed by atoms with van der Waals surface area (Å²) in [4.78, 5) is 8.11. The molecule has 0 radical (unpaired) electrons. The lowest BCUT2D eigenvalue weighted by Gasteiger charge is -1.97. The van der Waals surface area contributed by atoms with E-state index in [1.165, 1.54) is 18.9 Å². The molecule has 1 N–H and O–H groups in total. The third-order valence-electron chi connectivity index (χ3n) is 1.53. The van der Waals surface area contributed by atoms with Gasteiger partial charge in [0, 0.05) is 12.0 Å². The molecule has 0 fully saturated rings. The summed E-state index contributed by atoms with van der Waals surface area (Å²) in [5, 5.41) is 3.35. The summed E-state index contributed by atoms with van der Waals surface area (Å²) in [6.45, 7) is 0. The smallest absolute Gasteiger partial charge is 0.180 e. The Balaban J connectivity index is 0.000000140. The molecule has 0 aliphatic carbocycles. The van der Waals surface area contributed by atoms with E-state index in [9.17, 15) is 0 Å². The summed E-state index contributed by atoms with van der Waals surface area (Å²) in [6.07, 6.45) is 16.2. The highest BCUT2D eigenvalue weighted by Gasteiger charge is 1.72. The lowest BCUT2D eigenvalue weighted by atomic mass is 10.6. The molecular formula is C13H14N3O4P. The Bertz CT molecular complexity index is 410. The van der Waals surface area contributed by atoms with Gasteiger partial charge in [-0.2, -0.15) is 0 Å². The van der Waals surface area contributed by atoms with Gasteiger partial charge in [-0.05, 0) is 24.3 Å². The van der Waals surface area contributed by atoms with Crippen molar-refractivity contribution in [2.75, 3.05) is 0 Å². The molecule has 0 unspecified atom stereocenters. The van der Waals surface area contributed by atoms with Gasteiger partial charge in [0.1, 0.15) is 27.2 Å². The number of nitrogens with one attached hydrogen (secondary N) is 1. The summed E-state index contributed by atoms with van der Waals surface area (Å²) in [5.74, 6) is 1.93. The van der Waals surface area contributed by atoms with Gasteiger partial charge in [-0.25, -0.2) is 10.5 Å². The maximum Gasteiger partial charge on any atom is 0.180 e. The average Bonchev–Trinajstić information content (AvgIpc) is 3.38. The Kier molecular flexibility index (Phi) is 10.6. The zero-order chi connectivity index (χ0) is 14.8. The normalized spacial score (nSPS) is 10.7. The monoisotopic (exact) mass is 307 g/mol. The highest BCUT2D eigenvalue weighted by Crippen LogP contribution is 1.99. The predicted molar refractivity (Wildman–Crippen MR) is 76.7 cm³/mol. The second-order valence-corrected chi connectivity index (χ2v) is 3.70. The minimum absolute atomic E-state index is 0.955. The molecule has 110 valence electrons. The Morgan fingerprint density at radius 2 is 2.00 bits per heavy atom. The zero-order valence-corrected chi connectivity index (χ0v) is 11.9. The van der Waals surface area contributed by atoms with Crippen LogP contribution in [0, 0.1) is 0 Å². The molecule has 21 heavy (non-hydrogen) atoms. The van der Waals surface area contributed by atoms with Crippen LogP contribution in [0.4, 0.5) is 0 Å². The van der Waals surface area contributed by atoms with Crippen LogP contribution in [0.1, 0.15) is 0 Å². The lowest BCUT2D eigenvalue weighted by molar-refractivity contribution is 0.172. The van der Waals surface area contributed by atoms with Crippen molar-refractivity contribution < 1.29 is 18.0 Å². The number of hydrogen-bond donors (Lipinski definition) is 1. The second kappa shape index (κ2) is 13.6. The van der Waals surface area contributed by atoms with Crippen molar-refractivity contribution in [2.45, 2.75) is 0 Å². The van der Waals surface area contributed by atoms with Crippen LogP contribution in [0.5, 0.6) is 0 Å². The molecule has 0 saturated heterocycles. The van der Waals surface area contributed by atoms with Gasteiger partial charge in [-0.3, -0.25) is 0 Å². The van der Waals surface area contributed by atoms with Gasteiger partial charge in [0.15, 0.2) is 6.39 Å². The molecule has 0 saturated carbocycles. The van der Waals surface area contributed by atoms with Gasteiger partial charge >= 0.3 is 0 Å². The summed E-state index contributed by atoms with van der Waals surface area (Å²) in [5.41, 5.74) is 2.52. The first kappa shape index (κ1) is 16.3. The molecule has 0 bridgehead atoms. The molecule has 0 spiro atoms. The number of nitrogens with zero attached hydrogens (tertiary/aromatic N) is 2. The number of hydroxylamine groups is 1. The maximum atomic E-state index is 4.68. The van der Waals surface area contributed by atoms with Crippen molar-refractivity contribution >= 4 is 8.43 Å². The average molecular weight is 307 g/mol. The van der Waals surface area contributed by atoms with Crippen LogP contribution in [0.3, 0.4) is 0 Å². The predicted octanol–water partition coefficient (Wildman–Crippen LogP) is 3.76. The van der Waals surface area contributed by atoms with Crippen molar-refractivity contribution in [3.8, 4) is 0 Å². The number of oxazole rings is 1. The fourth-order valence-corrected chi connectivity index (χ4v) is 1.14. The van der Waals surface area contributed by atoms with Crippen LogP contribution < -0.4 is 5.48 Å². The summed E-state index contributed by atoms with van der Waals surface area (Å²) >= 11 is 0. The Morgan fingerprint density at radius 1 is 1.00 bits per heavy atom. The second-order valence-electron chi connectivity index (χ2n) is 2.98. The summed E-state index contributed by atoms with van der Waals surface area (Å²) in [7, 11) is 0.955. The molecule has 3 aromatic heterocycles. The van der Waals surface area contributed by atoms with Crippen LogP contribution in [0.2, 0.25) is 0 Å². The fourth-order valence-electron chi connectivity index (χ4n) is 0.785. The fraction of sp³-hybridized carbons (Fsp3) is 0. The standard InChI is InChI=1S/C4H5NO.2C3H3NO.C3H3OP/c1-2-4-6-5-3-1;1-2-5-3-4-1;2*1-2-4-5-3-1/h1-5H;3*1-3H. The van der Waals surface area contributed by atoms with Crippen molar-refractivity contribution in [2.24, 2.45) is 0 Å². The van der Waals surface area contributed by atoms with E-state index in [2.05, 4.69) is 33.6 Å². The third kappa shape index (κ3) is 12.0. The van der Waals surface area contributed by atoms with Gasteiger partial charge in [0.2, 0.25) is 0 Å². The van der Waals surface area contributed by atoms with E-state index in [-0.39, 0.29) is 0 Å². The Labute approximate surface area is 123 Å². The molecule has 4 heterocycles. The van der Waals surface area contributed by atoms with Crippen molar-refractivity contribution in [3.05, 3.63) is 80.1 Å². The van der Waals surface area contributed by atoms with Crippen molar-refractivity contribution in [3.63, 3.8) is 0 Å². The molecule has 4 rings (SSSR count). The number of aromatic nitrogens is 2. The first-order chi connectivity index (χ1) is 10.5. The molecule has 1 aliphatic heterocycles. The van der Waals surface area contributed by atoms with Crippen LogP contribution in [0.25, 0.3) is 0 Å². The SMILES string of the molecule is C1=CNOC=C1.c1cnoc1.c1cocn1.c1copc1. The largest absolute Gasteiger partial charge is 0.452 e. The topological polar surface area (TPSA) is 86.5 Å². The molecule has 0 aromatic carbocycles. The molecular weight excluding hydrogens is 293 g/mol. The van der Waals surface area contributed by atoms with Crippen molar-refractivity contribution in [1.82, 2.24) is 15.6 Å². The number of hydrogen-bond acceptors (Lipinski definition) is 7. The van der Waals surface area contributed by atoms with Crippen LogP contribution in [0.15, 0.2) is 93.3 Å². The number of allylic oxidation sites excluding steroid dienone is 2.